The highest BCUT2D eigenvalue weighted by atomic mass is 16.6. The molecular formula is C13H15NO3. The molecule has 1 aliphatic carbocycles. The number of aliphatic hydroxyl groups excluding tert-OH is 1. The van der Waals surface area contributed by atoms with Crippen LogP contribution < -0.4 is 0 Å². The molecule has 1 aromatic carbocycles. The van der Waals surface area contributed by atoms with Gasteiger partial charge < -0.3 is 5.11 Å². The zero-order valence-corrected chi connectivity index (χ0v) is 9.61. The lowest BCUT2D eigenvalue weighted by Crippen LogP contribution is -2.25. The van der Waals surface area contributed by atoms with Gasteiger partial charge in [0.05, 0.1) is 11.0 Å². The van der Waals surface area contributed by atoms with Gasteiger partial charge >= 0.3 is 0 Å². The van der Waals surface area contributed by atoms with E-state index in [1.807, 2.05) is 6.08 Å². The molecule has 90 valence electrons. The smallest absolute Gasteiger partial charge is 0.269 e. The minimum atomic E-state index is -0.500. The quantitative estimate of drug-likeness (QED) is 0.485. The Balaban J connectivity index is 2.27. The van der Waals surface area contributed by atoms with Crippen LogP contribution in [-0.2, 0) is 0 Å². The third-order valence-electron chi connectivity index (χ3n) is 3.31. The Morgan fingerprint density at radius 2 is 2.00 bits per heavy atom. The van der Waals surface area contributed by atoms with Gasteiger partial charge in [-0.2, -0.15) is 0 Å². The predicted molar refractivity (Wildman–Crippen MR) is 64.8 cm³/mol. The van der Waals surface area contributed by atoms with Crippen molar-refractivity contribution in [2.75, 3.05) is 0 Å². The van der Waals surface area contributed by atoms with E-state index in [4.69, 9.17) is 0 Å². The van der Waals surface area contributed by atoms with E-state index in [0.29, 0.717) is 5.92 Å². The van der Waals surface area contributed by atoms with E-state index < -0.39 is 11.0 Å². The van der Waals surface area contributed by atoms with Crippen LogP contribution in [0.1, 0.15) is 24.8 Å². The SMILES string of the molecule is C[C@@H]1CC=C[C@H](O)[C@H]1c1ccc([N+](=O)[O-])cc1. The summed E-state index contributed by atoms with van der Waals surface area (Å²) in [5.41, 5.74) is 1.04. The van der Waals surface area contributed by atoms with E-state index >= 15 is 0 Å². The number of benzene rings is 1. The summed E-state index contributed by atoms with van der Waals surface area (Å²) in [6.07, 6.45) is 4.21. The molecule has 4 nitrogen and oxygen atoms in total. The highest BCUT2D eigenvalue weighted by Gasteiger charge is 2.27. The van der Waals surface area contributed by atoms with Crippen molar-refractivity contribution < 1.29 is 10.0 Å². The molecule has 3 atom stereocenters. The van der Waals surface area contributed by atoms with Crippen molar-refractivity contribution in [1.29, 1.82) is 0 Å². The molecule has 0 saturated carbocycles. The summed E-state index contributed by atoms with van der Waals surface area (Å²) in [5.74, 6) is 0.372. The van der Waals surface area contributed by atoms with Crippen LogP contribution in [0.3, 0.4) is 0 Å². The molecule has 0 heterocycles. The maximum absolute atomic E-state index is 10.6. The Hall–Kier alpha value is -1.68. The Bertz CT molecular complexity index is 438. The standard InChI is InChI=1S/C13H15NO3/c1-9-3-2-4-12(15)13(9)10-5-7-11(8-6-10)14(16)17/h2,4-9,12-13,15H,3H2,1H3/t9-,12+,13-/m1/s1. The highest BCUT2D eigenvalue weighted by molar-refractivity contribution is 5.36. The van der Waals surface area contributed by atoms with E-state index in [1.165, 1.54) is 12.1 Å². The van der Waals surface area contributed by atoms with Crippen LogP contribution >= 0.6 is 0 Å². The minimum absolute atomic E-state index is 0.0285. The summed E-state index contributed by atoms with van der Waals surface area (Å²) in [5, 5.41) is 20.5. The largest absolute Gasteiger partial charge is 0.388 e. The molecule has 2 rings (SSSR count). The van der Waals surface area contributed by atoms with Crippen molar-refractivity contribution in [3.63, 3.8) is 0 Å². The number of nitrogens with zero attached hydrogens (tertiary/aromatic N) is 1. The molecule has 0 spiro atoms. The fourth-order valence-electron chi connectivity index (χ4n) is 2.38. The monoisotopic (exact) mass is 233 g/mol. The number of non-ortho nitro benzene ring substituents is 1. The van der Waals surface area contributed by atoms with Crippen molar-refractivity contribution >= 4 is 5.69 Å². The second kappa shape index (κ2) is 4.67. The lowest BCUT2D eigenvalue weighted by Gasteiger charge is -2.30. The number of nitro benzene ring substituents is 1. The molecule has 1 aromatic rings. The highest BCUT2D eigenvalue weighted by Crippen LogP contribution is 2.35. The predicted octanol–water partition coefficient (Wildman–Crippen LogP) is 2.64. The summed E-state index contributed by atoms with van der Waals surface area (Å²) < 4.78 is 0. The lowest BCUT2D eigenvalue weighted by atomic mass is 9.78. The summed E-state index contributed by atoms with van der Waals surface area (Å²) in [6, 6.07) is 6.46. The number of aliphatic hydroxyl groups is 1. The van der Waals surface area contributed by atoms with E-state index in [2.05, 4.69) is 6.92 Å². The summed E-state index contributed by atoms with van der Waals surface area (Å²) in [4.78, 5) is 10.1. The number of allylic oxidation sites excluding steroid dienone is 1. The first-order chi connectivity index (χ1) is 8.09. The topological polar surface area (TPSA) is 63.4 Å². The second-order valence-electron chi connectivity index (χ2n) is 4.51. The Morgan fingerprint density at radius 1 is 1.35 bits per heavy atom. The molecule has 0 amide bonds. The first-order valence-corrected chi connectivity index (χ1v) is 5.68. The van der Waals surface area contributed by atoms with Crippen molar-refractivity contribution in [2.24, 2.45) is 5.92 Å². The van der Waals surface area contributed by atoms with Crippen LogP contribution in [0, 0.1) is 16.0 Å². The van der Waals surface area contributed by atoms with E-state index in [9.17, 15) is 15.2 Å². The van der Waals surface area contributed by atoms with Gasteiger partial charge in [-0.1, -0.05) is 31.2 Å². The average molecular weight is 233 g/mol. The van der Waals surface area contributed by atoms with Gasteiger partial charge in [-0.15, -0.1) is 0 Å². The van der Waals surface area contributed by atoms with Crippen molar-refractivity contribution in [2.45, 2.75) is 25.4 Å². The molecule has 0 fully saturated rings. The number of hydrogen-bond donors (Lipinski definition) is 1. The summed E-state index contributed by atoms with van der Waals surface area (Å²) in [6.45, 7) is 2.08. The number of nitro groups is 1. The molecule has 0 radical (unpaired) electrons. The van der Waals surface area contributed by atoms with Crippen molar-refractivity contribution in [3.8, 4) is 0 Å². The summed E-state index contributed by atoms with van der Waals surface area (Å²) >= 11 is 0. The van der Waals surface area contributed by atoms with Gasteiger partial charge in [-0.05, 0) is 17.9 Å². The summed E-state index contributed by atoms with van der Waals surface area (Å²) in [7, 11) is 0. The normalized spacial score (nSPS) is 28.0. The Labute approximate surface area is 99.7 Å². The third kappa shape index (κ3) is 2.36. The molecule has 0 unspecified atom stereocenters. The van der Waals surface area contributed by atoms with Gasteiger partial charge in [0.15, 0.2) is 0 Å². The molecular weight excluding hydrogens is 218 g/mol. The zero-order valence-electron chi connectivity index (χ0n) is 9.61. The van der Waals surface area contributed by atoms with Gasteiger partial charge in [0, 0.05) is 18.1 Å². The molecule has 0 aromatic heterocycles. The van der Waals surface area contributed by atoms with Crippen LogP contribution in [0.25, 0.3) is 0 Å². The maximum atomic E-state index is 10.6. The van der Waals surface area contributed by atoms with Crippen molar-refractivity contribution in [1.82, 2.24) is 0 Å². The molecule has 1 aliphatic rings. The van der Waals surface area contributed by atoms with Gasteiger partial charge in [-0.25, -0.2) is 0 Å². The van der Waals surface area contributed by atoms with Crippen molar-refractivity contribution in [3.05, 3.63) is 52.1 Å². The van der Waals surface area contributed by atoms with Crippen LogP contribution in [-0.4, -0.2) is 16.1 Å². The molecule has 4 heteroatoms. The third-order valence-corrected chi connectivity index (χ3v) is 3.31. The van der Waals surface area contributed by atoms with E-state index in [-0.39, 0.29) is 11.6 Å². The Kier molecular flexibility index (Phi) is 3.24. The molecule has 0 aliphatic heterocycles. The van der Waals surface area contributed by atoms with Crippen LogP contribution in [0.5, 0.6) is 0 Å². The van der Waals surface area contributed by atoms with Crippen LogP contribution in [0.4, 0.5) is 5.69 Å². The van der Waals surface area contributed by atoms with Crippen LogP contribution in [0.15, 0.2) is 36.4 Å². The van der Waals surface area contributed by atoms with Gasteiger partial charge in [0.2, 0.25) is 0 Å². The first-order valence-electron chi connectivity index (χ1n) is 5.68. The van der Waals surface area contributed by atoms with E-state index in [0.717, 1.165) is 12.0 Å². The van der Waals surface area contributed by atoms with Gasteiger partial charge in [-0.3, -0.25) is 10.1 Å². The maximum Gasteiger partial charge on any atom is 0.269 e. The number of hydrogen-bond acceptors (Lipinski definition) is 3. The fourth-order valence-corrected chi connectivity index (χ4v) is 2.38. The lowest BCUT2D eigenvalue weighted by molar-refractivity contribution is -0.384. The first kappa shape index (κ1) is 11.8. The zero-order chi connectivity index (χ0) is 12.4. The minimum Gasteiger partial charge on any atom is -0.388 e. The second-order valence-corrected chi connectivity index (χ2v) is 4.51. The van der Waals surface area contributed by atoms with Gasteiger partial charge in [0.25, 0.3) is 5.69 Å². The molecule has 1 N–H and O–H groups in total. The van der Waals surface area contributed by atoms with E-state index in [1.54, 1.807) is 18.2 Å². The van der Waals surface area contributed by atoms with Gasteiger partial charge in [0.1, 0.15) is 0 Å². The number of rotatable bonds is 2. The average Bonchev–Trinajstić information content (AvgIpc) is 2.29. The molecule has 0 saturated heterocycles. The Morgan fingerprint density at radius 3 is 2.53 bits per heavy atom. The van der Waals surface area contributed by atoms with Crippen LogP contribution in [0.2, 0.25) is 0 Å². The fraction of sp³-hybridized carbons (Fsp3) is 0.385. The molecule has 17 heavy (non-hydrogen) atoms. The molecule has 0 bridgehead atoms.